The Morgan fingerprint density at radius 2 is 1.61 bits per heavy atom. The molecule has 3 heterocycles. The summed E-state index contributed by atoms with van der Waals surface area (Å²) >= 11 is 0. The summed E-state index contributed by atoms with van der Waals surface area (Å²) in [6.07, 6.45) is 8.31. The van der Waals surface area contributed by atoms with Gasteiger partial charge in [0, 0.05) is 29.1 Å². The van der Waals surface area contributed by atoms with Gasteiger partial charge in [0.1, 0.15) is 10.7 Å². The lowest BCUT2D eigenvalue weighted by Crippen LogP contribution is -2.46. The number of nitrogens with zero attached hydrogens (tertiary/aromatic N) is 2. The molecule has 3 N–H and O–H groups in total. The van der Waals surface area contributed by atoms with E-state index in [1.807, 2.05) is 57.2 Å². The van der Waals surface area contributed by atoms with Gasteiger partial charge in [-0.15, -0.1) is 0 Å². The van der Waals surface area contributed by atoms with Gasteiger partial charge in [-0.1, -0.05) is 45.0 Å². The first kappa shape index (κ1) is 20.3. The molecule has 0 amide bonds. The maximum absolute atomic E-state index is 12.6. The molecule has 0 saturated heterocycles. The van der Waals surface area contributed by atoms with Crippen LogP contribution in [0, 0.1) is 0 Å². The average Bonchev–Trinajstić information content (AvgIpc) is 3.21. The van der Waals surface area contributed by atoms with E-state index < -0.39 is 5.56 Å². The summed E-state index contributed by atoms with van der Waals surface area (Å²) in [4.78, 5) is 42.2. The fourth-order valence-corrected chi connectivity index (χ4v) is 3.36. The number of hydrogen-bond acceptors (Lipinski definition) is 4. The van der Waals surface area contributed by atoms with E-state index in [1.54, 1.807) is 30.9 Å². The molecule has 0 radical (unpaired) electrons. The Labute approximate surface area is 178 Å². The molecule has 0 fully saturated rings. The average molecular weight is 413 g/mol. The molecule has 31 heavy (non-hydrogen) atoms. The molecule has 0 unspecified atom stereocenters. The van der Waals surface area contributed by atoms with Crippen molar-refractivity contribution in [3.05, 3.63) is 103 Å². The molecule has 0 bridgehead atoms. The van der Waals surface area contributed by atoms with Gasteiger partial charge in [0.25, 0.3) is 11.1 Å². The summed E-state index contributed by atoms with van der Waals surface area (Å²) in [6.45, 7) is 6.13. The van der Waals surface area contributed by atoms with Gasteiger partial charge in [-0.2, -0.15) is 0 Å². The first-order valence-electron chi connectivity index (χ1n) is 9.92. The van der Waals surface area contributed by atoms with Gasteiger partial charge in [-0.3, -0.25) is 14.6 Å². The predicted molar refractivity (Wildman–Crippen MR) is 121 cm³/mol. The van der Waals surface area contributed by atoms with Crippen molar-refractivity contribution in [2.45, 2.75) is 26.2 Å². The zero-order chi connectivity index (χ0) is 22.0. The van der Waals surface area contributed by atoms with Crippen LogP contribution >= 0.6 is 0 Å². The van der Waals surface area contributed by atoms with Crippen LogP contribution in [-0.2, 0) is 5.41 Å². The second kappa shape index (κ2) is 8.02. The molecule has 1 aromatic carbocycles. The molecule has 3 aromatic heterocycles. The number of hydrogen-bond donors (Lipinski definition) is 3. The minimum atomic E-state index is -0.392. The number of aromatic nitrogens is 5. The van der Waals surface area contributed by atoms with Gasteiger partial charge in [0.15, 0.2) is 0 Å². The van der Waals surface area contributed by atoms with Crippen LogP contribution in [-0.4, -0.2) is 24.9 Å². The molecule has 0 spiro atoms. The van der Waals surface area contributed by atoms with E-state index in [0.29, 0.717) is 5.69 Å². The highest BCUT2D eigenvalue weighted by Gasteiger charge is 2.19. The molecule has 7 heteroatoms. The summed E-state index contributed by atoms with van der Waals surface area (Å²) < 4.78 is 0. The molecular formula is C24H23N5O2. The van der Waals surface area contributed by atoms with E-state index in [4.69, 9.17) is 0 Å². The molecule has 4 rings (SSSR count). The summed E-state index contributed by atoms with van der Waals surface area (Å²) in [5.41, 5.74) is 3.29. The normalized spacial score (nSPS) is 13.0. The van der Waals surface area contributed by atoms with E-state index in [9.17, 15) is 9.59 Å². The monoisotopic (exact) mass is 413 g/mol. The third-order valence-electron chi connectivity index (χ3n) is 4.88. The molecule has 0 aliphatic rings. The van der Waals surface area contributed by atoms with Gasteiger partial charge < -0.3 is 15.0 Å². The van der Waals surface area contributed by atoms with E-state index in [0.717, 1.165) is 22.4 Å². The van der Waals surface area contributed by atoms with Crippen molar-refractivity contribution >= 4 is 12.2 Å². The molecule has 7 nitrogen and oxygen atoms in total. The fourth-order valence-electron chi connectivity index (χ4n) is 3.36. The SMILES string of the molecule is CC(C)(C)c1[nH]cnc1/C=c1\[nH]c(=O)/c(=C/c2cccc(-c3cccnc3)c2)[nH]c1=O. The van der Waals surface area contributed by atoms with Crippen LogP contribution in [0.1, 0.15) is 37.7 Å². The van der Waals surface area contributed by atoms with Crippen molar-refractivity contribution in [2.24, 2.45) is 0 Å². The number of aromatic amines is 3. The smallest absolute Gasteiger partial charge is 0.272 e. The predicted octanol–water partition coefficient (Wildman–Crippen LogP) is 1.80. The van der Waals surface area contributed by atoms with Crippen molar-refractivity contribution in [1.82, 2.24) is 24.9 Å². The zero-order valence-electron chi connectivity index (χ0n) is 17.6. The molecule has 0 atom stereocenters. The maximum atomic E-state index is 12.6. The molecule has 4 aromatic rings. The Balaban J connectivity index is 1.77. The summed E-state index contributed by atoms with van der Waals surface area (Å²) in [7, 11) is 0. The number of nitrogens with one attached hydrogen (secondary N) is 3. The van der Waals surface area contributed by atoms with Gasteiger partial charge in [-0.05, 0) is 35.4 Å². The highest BCUT2D eigenvalue weighted by molar-refractivity contribution is 5.66. The first-order chi connectivity index (χ1) is 14.8. The van der Waals surface area contributed by atoms with Gasteiger partial charge in [-0.25, -0.2) is 4.98 Å². The minimum Gasteiger partial charge on any atom is -0.348 e. The first-order valence-corrected chi connectivity index (χ1v) is 9.92. The zero-order valence-corrected chi connectivity index (χ0v) is 17.6. The van der Waals surface area contributed by atoms with Crippen LogP contribution in [0.3, 0.4) is 0 Å². The third kappa shape index (κ3) is 4.45. The molecular weight excluding hydrogens is 390 g/mol. The lowest BCUT2D eigenvalue weighted by molar-refractivity contribution is 0.571. The van der Waals surface area contributed by atoms with Crippen LogP contribution in [0.4, 0.5) is 0 Å². The number of benzene rings is 1. The highest BCUT2D eigenvalue weighted by atomic mass is 16.1. The van der Waals surface area contributed by atoms with Crippen LogP contribution in [0.25, 0.3) is 23.3 Å². The Bertz CT molecular complexity index is 1450. The summed E-state index contributed by atoms with van der Waals surface area (Å²) in [5.74, 6) is 0. The van der Waals surface area contributed by atoms with Crippen molar-refractivity contribution in [3.63, 3.8) is 0 Å². The van der Waals surface area contributed by atoms with Crippen molar-refractivity contribution in [2.75, 3.05) is 0 Å². The largest absolute Gasteiger partial charge is 0.348 e. The number of pyridine rings is 1. The standard InChI is InChI=1S/C24H23N5O2/c1-24(2,3)21-18(26-14-27-21)12-20-23(31)28-19(22(30)29-20)11-15-6-4-7-16(10-15)17-8-5-9-25-13-17/h4-14H,1-3H3,(H,26,27)(H,28,31)(H,29,30)/b19-11-,20-12-. The quantitative estimate of drug-likeness (QED) is 0.476. The summed E-state index contributed by atoms with van der Waals surface area (Å²) in [5, 5.41) is 0.340. The number of H-pyrrole nitrogens is 3. The maximum Gasteiger partial charge on any atom is 0.272 e. The summed E-state index contributed by atoms with van der Waals surface area (Å²) in [6, 6.07) is 11.5. The van der Waals surface area contributed by atoms with Crippen molar-refractivity contribution in [1.29, 1.82) is 0 Å². The van der Waals surface area contributed by atoms with E-state index >= 15 is 0 Å². The topological polar surface area (TPSA) is 107 Å². The van der Waals surface area contributed by atoms with E-state index in [-0.39, 0.29) is 21.7 Å². The number of rotatable bonds is 3. The van der Waals surface area contributed by atoms with Crippen molar-refractivity contribution < 1.29 is 0 Å². The molecule has 0 aliphatic heterocycles. The highest BCUT2D eigenvalue weighted by Crippen LogP contribution is 2.23. The third-order valence-corrected chi connectivity index (χ3v) is 4.88. The van der Waals surface area contributed by atoms with E-state index in [2.05, 4.69) is 24.9 Å². The fraction of sp³-hybridized carbons (Fsp3) is 0.167. The van der Waals surface area contributed by atoms with Crippen LogP contribution < -0.4 is 21.8 Å². The van der Waals surface area contributed by atoms with Crippen LogP contribution in [0.15, 0.2) is 64.7 Å². The minimum absolute atomic E-state index is 0.156. The Morgan fingerprint density at radius 3 is 2.29 bits per heavy atom. The molecule has 0 saturated carbocycles. The molecule has 156 valence electrons. The lowest BCUT2D eigenvalue weighted by Gasteiger charge is -2.16. The van der Waals surface area contributed by atoms with Gasteiger partial charge in [0.05, 0.1) is 12.0 Å². The Hall–Kier alpha value is -4.00. The Kier molecular flexibility index (Phi) is 5.25. The van der Waals surface area contributed by atoms with E-state index in [1.165, 1.54) is 0 Å². The van der Waals surface area contributed by atoms with Crippen LogP contribution in [0.2, 0.25) is 0 Å². The number of imidazole rings is 1. The van der Waals surface area contributed by atoms with Gasteiger partial charge >= 0.3 is 0 Å². The van der Waals surface area contributed by atoms with Crippen molar-refractivity contribution in [3.8, 4) is 11.1 Å². The second-order valence-electron chi connectivity index (χ2n) is 8.30. The van der Waals surface area contributed by atoms with Crippen LogP contribution in [0.5, 0.6) is 0 Å². The Morgan fingerprint density at radius 1 is 0.903 bits per heavy atom. The second-order valence-corrected chi connectivity index (χ2v) is 8.30. The lowest BCUT2D eigenvalue weighted by atomic mass is 9.90. The van der Waals surface area contributed by atoms with Gasteiger partial charge in [0.2, 0.25) is 0 Å². The molecule has 0 aliphatic carbocycles.